The van der Waals surface area contributed by atoms with Crippen LogP contribution in [0.25, 0.3) is 11.4 Å². The number of likely N-dealkylation sites (tertiary alicyclic amines) is 1. The van der Waals surface area contributed by atoms with Crippen LogP contribution in [0, 0.1) is 0 Å². The number of ether oxygens (including phenoxy) is 2. The Morgan fingerprint density at radius 2 is 1.30 bits per heavy atom. The number of urea groups is 1. The van der Waals surface area contributed by atoms with Crippen LogP contribution in [0.15, 0.2) is 48.5 Å². The largest absolute Gasteiger partial charge is 0.378 e. The van der Waals surface area contributed by atoms with E-state index >= 15 is 0 Å². The van der Waals surface area contributed by atoms with Crippen LogP contribution in [0.4, 0.5) is 28.1 Å². The predicted octanol–water partition coefficient (Wildman–Crippen LogP) is 1.49. The van der Waals surface area contributed by atoms with Crippen molar-refractivity contribution in [2.75, 3.05) is 93.7 Å². The summed E-state index contributed by atoms with van der Waals surface area (Å²) in [5, 5.41) is 5.62. The fourth-order valence-electron chi connectivity index (χ4n) is 5.83. The van der Waals surface area contributed by atoms with Crippen molar-refractivity contribution in [3.8, 4) is 11.4 Å². The van der Waals surface area contributed by atoms with E-state index in [0.717, 1.165) is 5.56 Å². The molecule has 2 aromatic carbocycles. The molecule has 3 saturated heterocycles. The number of benzene rings is 2. The first-order chi connectivity index (χ1) is 22.7. The molecule has 3 aliphatic heterocycles. The molecule has 4 amide bonds. The molecule has 15 nitrogen and oxygen atoms in total. The van der Waals surface area contributed by atoms with Gasteiger partial charge in [-0.3, -0.25) is 9.59 Å². The third-order valence-electron chi connectivity index (χ3n) is 8.59. The lowest BCUT2D eigenvalue weighted by molar-refractivity contribution is -0.121. The van der Waals surface area contributed by atoms with E-state index < -0.39 is 18.0 Å². The van der Waals surface area contributed by atoms with E-state index in [1.807, 2.05) is 31.1 Å². The zero-order valence-electron chi connectivity index (χ0n) is 26.6. The number of amides is 4. The van der Waals surface area contributed by atoms with Gasteiger partial charge in [-0.25, -0.2) is 4.79 Å². The van der Waals surface area contributed by atoms with Gasteiger partial charge in [0, 0.05) is 61.3 Å². The molecule has 0 aliphatic carbocycles. The fourth-order valence-corrected chi connectivity index (χ4v) is 5.83. The topological polar surface area (TPSA) is 171 Å². The average molecular weight is 645 g/mol. The molecule has 3 aliphatic rings. The third-order valence-corrected chi connectivity index (χ3v) is 8.59. The summed E-state index contributed by atoms with van der Waals surface area (Å²) < 4.78 is 11.0. The molecule has 3 aromatic rings. The maximum Gasteiger partial charge on any atom is 0.323 e. The Balaban J connectivity index is 1.10. The summed E-state index contributed by atoms with van der Waals surface area (Å²) in [6, 6.07) is 12.8. The first-order valence-electron chi connectivity index (χ1n) is 15.7. The number of nitrogens with two attached hydrogens (primary N) is 1. The fraction of sp³-hybridized carbons (Fsp3) is 0.438. The van der Waals surface area contributed by atoms with Crippen LogP contribution in [-0.4, -0.2) is 128 Å². The summed E-state index contributed by atoms with van der Waals surface area (Å²) >= 11 is 0. The van der Waals surface area contributed by atoms with Gasteiger partial charge in [0.1, 0.15) is 6.04 Å². The lowest BCUT2D eigenvalue weighted by Gasteiger charge is -2.30. The number of hydrogen-bond acceptors (Lipinski definition) is 11. The van der Waals surface area contributed by atoms with Crippen molar-refractivity contribution < 1.29 is 23.9 Å². The van der Waals surface area contributed by atoms with Crippen LogP contribution >= 0.6 is 0 Å². The number of carbonyl (C=O) groups is 3. The second kappa shape index (κ2) is 14.3. The Labute approximate surface area is 273 Å². The van der Waals surface area contributed by atoms with Gasteiger partial charge in [-0.05, 0) is 69.0 Å². The molecule has 0 radical (unpaired) electrons. The van der Waals surface area contributed by atoms with Gasteiger partial charge in [0.2, 0.25) is 17.8 Å². The van der Waals surface area contributed by atoms with E-state index in [9.17, 15) is 14.4 Å². The standard InChI is InChI=1S/C32H40N10O5/c1-39(2)25-19-26(27(33)43)42(20-25)29(44)22-5-9-24(10-6-22)35-32(45)34-23-7-3-21(4-8-23)28-36-30(40-11-15-46-16-12-40)38-31(37-28)41-13-17-47-18-14-41/h3-10,25-26H,11-20H2,1-2H3,(H2,33,43)(H2,34,35,45). The summed E-state index contributed by atoms with van der Waals surface area (Å²) in [7, 11) is 3.83. The Bertz CT molecular complexity index is 1540. The molecule has 15 heteroatoms. The second-order valence-corrected chi connectivity index (χ2v) is 11.9. The zero-order valence-corrected chi connectivity index (χ0v) is 26.6. The quantitative estimate of drug-likeness (QED) is 0.325. The molecule has 1 aromatic heterocycles. The summed E-state index contributed by atoms with van der Waals surface area (Å²) in [6.07, 6.45) is 0.495. The number of nitrogens with one attached hydrogen (secondary N) is 2. The Hall–Kier alpha value is -4.86. The maximum absolute atomic E-state index is 13.2. The van der Waals surface area contributed by atoms with Gasteiger partial charge < -0.3 is 45.4 Å². The third kappa shape index (κ3) is 7.59. The Morgan fingerprint density at radius 3 is 1.79 bits per heavy atom. The van der Waals surface area contributed by atoms with Crippen molar-refractivity contribution in [2.24, 2.45) is 5.73 Å². The van der Waals surface area contributed by atoms with Gasteiger partial charge in [0.05, 0.1) is 26.4 Å². The van der Waals surface area contributed by atoms with Crippen LogP contribution < -0.4 is 26.2 Å². The van der Waals surface area contributed by atoms with E-state index in [1.165, 1.54) is 4.90 Å². The molecule has 2 atom stereocenters. The highest BCUT2D eigenvalue weighted by molar-refractivity contribution is 6.01. The number of hydrogen-bond donors (Lipinski definition) is 3. The molecule has 47 heavy (non-hydrogen) atoms. The summed E-state index contributed by atoms with van der Waals surface area (Å²) in [5.74, 6) is 0.970. The van der Waals surface area contributed by atoms with Crippen molar-refractivity contribution in [2.45, 2.75) is 18.5 Å². The molecule has 6 rings (SSSR count). The van der Waals surface area contributed by atoms with Gasteiger partial charge >= 0.3 is 6.03 Å². The maximum atomic E-state index is 13.2. The highest BCUT2D eigenvalue weighted by Gasteiger charge is 2.39. The van der Waals surface area contributed by atoms with Crippen molar-refractivity contribution in [1.29, 1.82) is 0 Å². The van der Waals surface area contributed by atoms with E-state index in [1.54, 1.807) is 36.4 Å². The predicted molar refractivity (Wildman–Crippen MR) is 177 cm³/mol. The Kier molecular flexibility index (Phi) is 9.75. The number of rotatable bonds is 8. The second-order valence-electron chi connectivity index (χ2n) is 11.9. The number of carbonyl (C=O) groups excluding carboxylic acids is 3. The van der Waals surface area contributed by atoms with Gasteiger partial charge in [-0.15, -0.1) is 0 Å². The van der Waals surface area contributed by atoms with Crippen LogP contribution in [0.2, 0.25) is 0 Å². The monoisotopic (exact) mass is 644 g/mol. The highest BCUT2D eigenvalue weighted by Crippen LogP contribution is 2.26. The van der Waals surface area contributed by atoms with Crippen LogP contribution in [0.5, 0.6) is 0 Å². The van der Waals surface area contributed by atoms with Crippen LogP contribution in [0.1, 0.15) is 16.8 Å². The summed E-state index contributed by atoms with van der Waals surface area (Å²) in [5.41, 5.74) is 7.87. The molecule has 248 valence electrons. The molecule has 3 fully saturated rings. The van der Waals surface area contributed by atoms with Gasteiger partial charge in [0.15, 0.2) is 5.82 Å². The normalized spacial score (nSPS) is 19.9. The minimum absolute atomic E-state index is 0.0486. The number of primary amides is 1. The van der Waals surface area contributed by atoms with Gasteiger partial charge in [-0.2, -0.15) is 15.0 Å². The Morgan fingerprint density at radius 1 is 0.787 bits per heavy atom. The first-order valence-corrected chi connectivity index (χ1v) is 15.7. The van der Waals surface area contributed by atoms with E-state index in [2.05, 4.69) is 20.4 Å². The molecular formula is C32H40N10O5. The number of nitrogens with zero attached hydrogens (tertiary/aromatic N) is 7. The minimum Gasteiger partial charge on any atom is -0.378 e. The van der Waals surface area contributed by atoms with Crippen molar-refractivity contribution in [3.63, 3.8) is 0 Å². The summed E-state index contributed by atoms with van der Waals surface area (Å²) in [6.45, 7) is 5.69. The van der Waals surface area contributed by atoms with Gasteiger partial charge in [0.25, 0.3) is 5.91 Å². The summed E-state index contributed by atoms with van der Waals surface area (Å²) in [4.78, 5) is 60.1. The smallest absolute Gasteiger partial charge is 0.323 e. The zero-order chi connectivity index (χ0) is 32.9. The van der Waals surface area contributed by atoms with E-state index in [-0.39, 0.29) is 11.9 Å². The van der Waals surface area contributed by atoms with Crippen LogP contribution in [-0.2, 0) is 14.3 Å². The molecule has 0 saturated carbocycles. The average Bonchev–Trinajstić information content (AvgIpc) is 3.56. The van der Waals surface area contributed by atoms with Crippen LogP contribution in [0.3, 0.4) is 0 Å². The van der Waals surface area contributed by atoms with Crippen molar-refractivity contribution >= 4 is 41.1 Å². The van der Waals surface area contributed by atoms with E-state index in [0.29, 0.717) is 100 Å². The van der Waals surface area contributed by atoms with E-state index in [4.69, 9.17) is 30.2 Å². The lowest BCUT2D eigenvalue weighted by Crippen LogP contribution is -2.43. The number of morpholine rings is 2. The highest BCUT2D eigenvalue weighted by atomic mass is 16.5. The lowest BCUT2D eigenvalue weighted by atomic mass is 10.1. The van der Waals surface area contributed by atoms with Crippen molar-refractivity contribution in [1.82, 2.24) is 24.8 Å². The SMILES string of the molecule is CN(C)C1CC(C(N)=O)N(C(=O)c2ccc(NC(=O)Nc3ccc(-c4nc(N5CCOCC5)nc(N5CCOCC5)n4)cc3)cc2)C1. The molecule has 2 unspecified atom stereocenters. The molecule has 0 bridgehead atoms. The molecule has 0 spiro atoms. The van der Waals surface area contributed by atoms with Crippen molar-refractivity contribution in [3.05, 3.63) is 54.1 Å². The number of likely N-dealkylation sites (N-methyl/N-ethyl adjacent to an activating group) is 1. The molecule has 4 N–H and O–H groups in total. The van der Waals surface area contributed by atoms with Gasteiger partial charge in [-0.1, -0.05) is 0 Å². The number of aromatic nitrogens is 3. The minimum atomic E-state index is -0.659. The molecular weight excluding hydrogens is 604 g/mol. The first kappa shape index (κ1) is 32.1. The number of anilines is 4. The molecule has 4 heterocycles.